The van der Waals surface area contributed by atoms with E-state index in [1.807, 2.05) is 36.4 Å². The van der Waals surface area contributed by atoms with E-state index in [0.717, 1.165) is 21.3 Å². The van der Waals surface area contributed by atoms with Crippen LogP contribution in [0.15, 0.2) is 46.9 Å². The molecule has 20 heavy (non-hydrogen) atoms. The normalized spacial score (nSPS) is 12.2. The molecule has 2 rings (SSSR count). The van der Waals surface area contributed by atoms with Crippen LogP contribution in [-0.2, 0) is 6.54 Å². The number of phenols is 1. The van der Waals surface area contributed by atoms with Gasteiger partial charge >= 0.3 is 0 Å². The van der Waals surface area contributed by atoms with Crippen molar-refractivity contribution in [2.75, 3.05) is 7.11 Å². The highest BCUT2D eigenvalue weighted by Crippen LogP contribution is 2.26. The summed E-state index contributed by atoms with van der Waals surface area (Å²) in [6.07, 6.45) is 0. The molecule has 106 valence electrons. The number of aromatic hydroxyl groups is 1. The summed E-state index contributed by atoms with van der Waals surface area (Å²) in [4.78, 5) is 0. The average Bonchev–Trinajstić information content (AvgIpc) is 2.47. The van der Waals surface area contributed by atoms with Crippen molar-refractivity contribution < 1.29 is 9.84 Å². The van der Waals surface area contributed by atoms with Crippen LogP contribution in [0.2, 0.25) is 0 Å². The predicted octanol–water partition coefficient (Wildman–Crippen LogP) is 4.01. The largest absolute Gasteiger partial charge is 0.508 e. The highest BCUT2D eigenvalue weighted by Gasteiger charge is 2.11. The van der Waals surface area contributed by atoms with E-state index in [9.17, 15) is 5.11 Å². The zero-order chi connectivity index (χ0) is 14.5. The van der Waals surface area contributed by atoms with Gasteiger partial charge in [-0.25, -0.2) is 0 Å². The molecule has 3 nitrogen and oxygen atoms in total. The summed E-state index contributed by atoms with van der Waals surface area (Å²) >= 11 is 3.41. The molecule has 0 aliphatic heterocycles. The van der Waals surface area contributed by atoms with Crippen LogP contribution in [0.25, 0.3) is 0 Å². The highest BCUT2D eigenvalue weighted by molar-refractivity contribution is 9.10. The third-order valence-corrected chi connectivity index (χ3v) is 3.74. The molecule has 0 aliphatic rings. The van der Waals surface area contributed by atoms with Crippen molar-refractivity contribution in [3.05, 3.63) is 58.1 Å². The summed E-state index contributed by atoms with van der Waals surface area (Å²) < 4.78 is 6.32. The molecule has 0 radical (unpaired) electrons. The number of methoxy groups -OCH3 is 1. The number of benzene rings is 2. The summed E-state index contributed by atoms with van der Waals surface area (Å²) in [5, 5.41) is 13.2. The van der Waals surface area contributed by atoms with Crippen LogP contribution < -0.4 is 10.1 Å². The molecule has 0 aromatic heterocycles. The Morgan fingerprint density at radius 1 is 1.25 bits per heavy atom. The second kappa shape index (κ2) is 6.77. The lowest BCUT2D eigenvalue weighted by molar-refractivity contribution is 0.401. The molecule has 0 unspecified atom stereocenters. The van der Waals surface area contributed by atoms with E-state index in [0.29, 0.717) is 12.3 Å². The minimum absolute atomic E-state index is 0.129. The molecule has 0 heterocycles. The van der Waals surface area contributed by atoms with Gasteiger partial charge in [0.1, 0.15) is 11.5 Å². The Bertz CT molecular complexity index is 586. The van der Waals surface area contributed by atoms with Crippen molar-refractivity contribution in [1.82, 2.24) is 5.32 Å². The average molecular weight is 336 g/mol. The Morgan fingerprint density at radius 2 is 2.00 bits per heavy atom. The number of halogens is 1. The number of hydrogen-bond donors (Lipinski definition) is 2. The molecule has 0 saturated heterocycles. The van der Waals surface area contributed by atoms with Crippen LogP contribution >= 0.6 is 15.9 Å². The van der Waals surface area contributed by atoms with Gasteiger partial charge in [0.15, 0.2) is 0 Å². The quantitative estimate of drug-likeness (QED) is 0.867. The van der Waals surface area contributed by atoms with Gasteiger partial charge in [0.2, 0.25) is 0 Å². The number of para-hydroxylation sites is 1. The fraction of sp³-hybridized carbons (Fsp3) is 0.250. The predicted molar refractivity (Wildman–Crippen MR) is 84.1 cm³/mol. The first-order chi connectivity index (χ1) is 9.61. The van der Waals surface area contributed by atoms with Gasteiger partial charge in [0.25, 0.3) is 0 Å². The van der Waals surface area contributed by atoms with Gasteiger partial charge in [0, 0.05) is 28.2 Å². The molecular weight excluding hydrogens is 318 g/mol. The van der Waals surface area contributed by atoms with Gasteiger partial charge in [-0.3, -0.25) is 0 Å². The van der Waals surface area contributed by atoms with E-state index in [2.05, 4.69) is 28.2 Å². The minimum atomic E-state index is 0.129. The SMILES string of the molecule is COc1ccccc1[C@@H](C)NCc1cc(Br)ccc1O. The fourth-order valence-electron chi connectivity index (χ4n) is 2.09. The van der Waals surface area contributed by atoms with E-state index < -0.39 is 0 Å². The molecule has 0 amide bonds. The van der Waals surface area contributed by atoms with E-state index in [4.69, 9.17) is 4.74 Å². The zero-order valence-corrected chi connectivity index (χ0v) is 13.1. The van der Waals surface area contributed by atoms with Gasteiger partial charge in [-0.15, -0.1) is 0 Å². The maximum absolute atomic E-state index is 9.83. The van der Waals surface area contributed by atoms with Crippen LogP contribution in [0.1, 0.15) is 24.1 Å². The molecule has 0 fully saturated rings. The molecule has 2 aromatic rings. The van der Waals surface area contributed by atoms with Gasteiger partial charge in [-0.2, -0.15) is 0 Å². The molecule has 4 heteroatoms. The summed E-state index contributed by atoms with van der Waals surface area (Å²) in [5.41, 5.74) is 1.96. The van der Waals surface area contributed by atoms with Crippen molar-refractivity contribution >= 4 is 15.9 Å². The van der Waals surface area contributed by atoms with Crippen molar-refractivity contribution in [2.45, 2.75) is 19.5 Å². The molecule has 2 N–H and O–H groups in total. The van der Waals surface area contributed by atoms with Crippen LogP contribution in [0.5, 0.6) is 11.5 Å². The van der Waals surface area contributed by atoms with E-state index in [1.165, 1.54) is 0 Å². The van der Waals surface area contributed by atoms with Crippen LogP contribution in [0.4, 0.5) is 0 Å². The molecular formula is C16H18BrNO2. The van der Waals surface area contributed by atoms with Crippen molar-refractivity contribution in [3.63, 3.8) is 0 Å². The second-order valence-corrected chi connectivity index (χ2v) is 5.53. The molecule has 0 aliphatic carbocycles. The van der Waals surface area contributed by atoms with Gasteiger partial charge in [-0.1, -0.05) is 34.1 Å². The first kappa shape index (κ1) is 14.9. The highest BCUT2D eigenvalue weighted by atomic mass is 79.9. The standard InChI is InChI=1S/C16H18BrNO2/c1-11(14-5-3-4-6-16(14)20-2)18-10-12-9-13(17)7-8-15(12)19/h3-9,11,18-19H,10H2,1-2H3/t11-/m1/s1. The molecule has 2 aromatic carbocycles. The number of ether oxygens (including phenoxy) is 1. The van der Waals surface area contributed by atoms with Crippen molar-refractivity contribution in [2.24, 2.45) is 0 Å². The maximum Gasteiger partial charge on any atom is 0.123 e. The molecule has 0 saturated carbocycles. The van der Waals surface area contributed by atoms with E-state index >= 15 is 0 Å². The van der Waals surface area contributed by atoms with Gasteiger partial charge in [-0.05, 0) is 31.2 Å². The summed E-state index contributed by atoms with van der Waals surface area (Å²) in [7, 11) is 1.67. The topological polar surface area (TPSA) is 41.5 Å². The number of phenolic OH excluding ortho intramolecular Hbond substituents is 1. The van der Waals surface area contributed by atoms with E-state index in [-0.39, 0.29) is 6.04 Å². The van der Waals surface area contributed by atoms with E-state index in [1.54, 1.807) is 13.2 Å². The lowest BCUT2D eigenvalue weighted by Crippen LogP contribution is -2.18. The Hall–Kier alpha value is -1.52. The van der Waals surface area contributed by atoms with Crippen molar-refractivity contribution in [1.29, 1.82) is 0 Å². The first-order valence-electron chi connectivity index (χ1n) is 6.45. The summed E-state index contributed by atoms with van der Waals surface area (Å²) in [5.74, 6) is 1.17. The Kier molecular flexibility index (Phi) is 5.04. The Labute approximate surface area is 127 Å². The van der Waals surface area contributed by atoms with Crippen LogP contribution in [0.3, 0.4) is 0 Å². The van der Waals surface area contributed by atoms with Crippen LogP contribution in [-0.4, -0.2) is 12.2 Å². The van der Waals surface area contributed by atoms with Gasteiger partial charge < -0.3 is 15.2 Å². The second-order valence-electron chi connectivity index (χ2n) is 4.62. The monoisotopic (exact) mass is 335 g/mol. The summed E-state index contributed by atoms with van der Waals surface area (Å²) in [6, 6.07) is 13.5. The maximum atomic E-state index is 9.83. The minimum Gasteiger partial charge on any atom is -0.508 e. The Morgan fingerprint density at radius 3 is 2.75 bits per heavy atom. The number of rotatable bonds is 5. The lowest BCUT2D eigenvalue weighted by Gasteiger charge is -2.17. The molecule has 0 bridgehead atoms. The number of hydrogen-bond acceptors (Lipinski definition) is 3. The van der Waals surface area contributed by atoms with Gasteiger partial charge in [0.05, 0.1) is 7.11 Å². The van der Waals surface area contributed by atoms with Crippen molar-refractivity contribution in [3.8, 4) is 11.5 Å². The molecule has 1 atom stereocenters. The lowest BCUT2D eigenvalue weighted by atomic mass is 10.1. The molecule has 0 spiro atoms. The van der Waals surface area contributed by atoms with Crippen LogP contribution in [0, 0.1) is 0 Å². The first-order valence-corrected chi connectivity index (χ1v) is 7.25. The zero-order valence-electron chi connectivity index (χ0n) is 11.6. The fourth-order valence-corrected chi connectivity index (χ4v) is 2.50. The summed E-state index contributed by atoms with van der Waals surface area (Å²) in [6.45, 7) is 2.66. The third kappa shape index (κ3) is 3.52. The Balaban J connectivity index is 2.08. The third-order valence-electron chi connectivity index (χ3n) is 3.25. The number of nitrogens with one attached hydrogen (secondary N) is 1. The smallest absolute Gasteiger partial charge is 0.123 e.